The molecule has 1 saturated heterocycles. The highest BCUT2D eigenvalue weighted by molar-refractivity contribution is 7.89. The van der Waals surface area contributed by atoms with Crippen molar-refractivity contribution in [2.45, 2.75) is 56.5 Å². The molecule has 38 heavy (non-hydrogen) atoms. The van der Waals surface area contributed by atoms with E-state index in [0.717, 1.165) is 5.56 Å². The Kier molecular flexibility index (Phi) is 8.91. The minimum Gasteiger partial charge on any atom is -0.331 e. The van der Waals surface area contributed by atoms with E-state index in [4.69, 9.17) is 11.6 Å². The summed E-state index contributed by atoms with van der Waals surface area (Å²) in [5, 5.41) is 0.493. The molecule has 1 fully saturated rings. The van der Waals surface area contributed by atoms with Gasteiger partial charge in [-0.3, -0.25) is 19.6 Å². The van der Waals surface area contributed by atoms with Crippen LogP contribution in [0.15, 0.2) is 72.0 Å². The molecule has 1 amide bonds. The summed E-state index contributed by atoms with van der Waals surface area (Å²) in [5.74, 6) is -0.452. The Labute approximate surface area is 228 Å². The van der Waals surface area contributed by atoms with Gasteiger partial charge in [0.15, 0.2) is 5.78 Å². The predicted octanol–water partition coefficient (Wildman–Crippen LogP) is 4.29. The summed E-state index contributed by atoms with van der Waals surface area (Å²) in [5.41, 5.74) is 2.07. The number of ketones is 1. The maximum absolute atomic E-state index is 13.7. The number of Topliss-reactive ketones (excluding diaryl/α,β-unsaturated/α-hetero) is 1. The first-order valence-electron chi connectivity index (χ1n) is 12.6. The zero-order valence-electron chi connectivity index (χ0n) is 21.4. The number of nitrogens with one attached hydrogen (secondary N) is 1. The SMILES string of the molecule is CC(C)C[C@@H](NS(=O)(=O)c1ccccc1)C(=O)N1CCC[C@H]1C(=O)Cc1cc(Cl)ccc1-c1cnccn1. The Bertz CT molecular complexity index is 1380. The van der Waals surface area contributed by atoms with Crippen LogP contribution in [0.4, 0.5) is 0 Å². The van der Waals surface area contributed by atoms with E-state index in [0.29, 0.717) is 42.1 Å². The third kappa shape index (κ3) is 6.64. The van der Waals surface area contributed by atoms with Gasteiger partial charge in [0.25, 0.3) is 0 Å². The average molecular weight is 555 g/mol. The van der Waals surface area contributed by atoms with E-state index >= 15 is 0 Å². The first kappa shape index (κ1) is 27.9. The molecule has 2 atom stereocenters. The molecule has 2 aromatic carbocycles. The van der Waals surface area contributed by atoms with Gasteiger partial charge in [0.1, 0.15) is 6.04 Å². The summed E-state index contributed by atoms with van der Waals surface area (Å²) in [6, 6.07) is 11.6. The lowest BCUT2D eigenvalue weighted by molar-refractivity contribution is -0.139. The Balaban J connectivity index is 1.56. The second-order valence-corrected chi connectivity index (χ2v) is 12.0. The molecule has 1 aliphatic heterocycles. The molecule has 10 heteroatoms. The summed E-state index contributed by atoms with van der Waals surface area (Å²) >= 11 is 6.25. The number of hydrogen-bond donors (Lipinski definition) is 1. The van der Waals surface area contributed by atoms with Gasteiger partial charge in [-0.25, -0.2) is 8.42 Å². The van der Waals surface area contributed by atoms with Crippen LogP contribution in [0.25, 0.3) is 11.3 Å². The summed E-state index contributed by atoms with van der Waals surface area (Å²) in [7, 11) is -3.92. The minimum atomic E-state index is -3.92. The van der Waals surface area contributed by atoms with Crippen molar-refractivity contribution in [3.05, 3.63) is 77.7 Å². The number of carbonyl (C=O) groups is 2. The van der Waals surface area contributed by atoms with Crippen LogP contribution in [0.3, 0.4) is 0 Å². The lowest BCUT2D eigenvalue weighted by atomic mass is 9.96. The fraction of sp³-hybridized carbons (Fsp3) is 0.357. The molecule has 1 aromatic heterocycles. The lowest BCUT2D eigenvalue weighted by Crippen LogP contribution is -2.52. The number of sulfonamides is 1. The van der Waals surface area contributed by atoms with Gasteiger partial charge in [0.2, 0.25) is 15.9 Å². The van der Waals surface area contributed by atoms with Crippen LogP contribution in [-0.4, -0.2) is 53.6 Å². The first-order chi connectivity index (χ1) is 18.2. The number of halogens is 1. The van der Waals surface area contributed by atoms with Crippen molar-refractivity contribution in [2.75, 3.05) is 6.54 Å². The van der Waals surface area contributed by atoms with Crippen molar-refractivity contribution in [1.82, 2.24) is 19.6 Å². The molecule has 1 aliphatic rings. The highest BCUT2D eigenvalue weighted by Crippen LogP contribution is 2.28. The van der Waals surface area contributed by atoms with Gasteiger partial charge in [-0.15, -0.1) is 0 Å². The standard InChI is InChI=1S/C28H31ClN4O4S/c1-19(2)15-24(32-38(36,37)22-7-4-3-5-8-22)28(35)33-14-6-9-26(33)27(34)17-20-16-21(29)10-11-23(20)25-18-30-12-13-31-25/h3-5,7-8,10-13,16,18-19,24,26,32H,6,9,14-15,17H2,1-2H3/t24-,26+/m1/s1. The van der Waals surface area contributed by atoms with Crippen molar-refractivity contribution >= 4 is 33.3 Å². The maximum atomic E-state index is 13.7. The van der Waals surface area contributed by atoms with Crippen LogP contribution >= 0.6 is 11.6 Å². The molecule has 200 valence electrons. The summed E-state index contributed by atoms with van der Waals surface area (Å²) < 4.78 is 28.7. The van der Waals surface area contributed by atoms with E-state index in [1.807, 2.05) is 19.9 Å². The second-order valence-electron chi connectivity index (χ2n) is 9.84. The van der Waals surface area contributed by atoms with Crippen LogP contribution in [0, 0.1) is 5.92 Å². The lowest BCUT2D eigenvalue weighted by Gasteiger charge is -2.29. The van der Waals surface area contributed by atoms with Crippen LogP contribution in [0.5, 0.6) is 0 Å². The molecule has 0 saturated carbocycles. The number of carbonyl (C=O) groups excluding carboxylic acids is 2. The number of benzene rings is 2. The number of aromatic nitrogens is 2. The van der Waals surface area contributed by atoms with E-state index in [9.17, 15) is 18.0 Å². The number of hydrogen-bond acceptors (Lipinski definition) is 6. The fourth-order valence-electron chi connectivity index (χ4n) is 4.79. The Hall–Kier alpha value is -3.14. The van der Waals surface area contributed by atoms with E-state index in [-0.39, 0.29) is 28.9 Å². The summed E-state index contributed by atoms with van der Waals surface area (Å²) in [6.45, 7) is 4.25. The molecule has 0 aliphatic carbocycles. The quantitative estimate of drug-likeness (QED) is 0.400. The largest absolute Gasteiger partial charge is 0.331 e. The Morgan fingerprint density at radius 2 is 1.89 bits per heavy atom. The Morgan fingerprint density at radius 1 is 1.13 bits per heavy atom. The van der Waals surface area contributed by atoms with Gasteiger partial charge in [0, 0.05) is 35.9 Å². The molecular weight excluding hydrogens is 524 g/mol. The number of nitrogens with zero attached hydrogens (tertiary/aromatic N) is 3. The van der Waals surface area contributed by atoms with E-state index in [1.54, 1.807) is 48.9 Å². The van der Waals surface area contributed by atoms with E-state index in [2.05, 4.69) is 14.7 Å². The van der Waals surface area contributed by atoms with Crippen LogP contribution < -0.4 is 4.72 Å². The molecule has 8 nitrogen and oxygen atoms in total. The van der Waals surface area contributed by atoms with Gasteiger partial charge >= 0.3 is 0 Å². The molecule has 0 spiro atoms. The highest BCUT2D eigenvalue weighted by atomic mass is 35.5. The zero-order valence-corrected chi connectivity index (χ0v) is 23.0. The normalized spacial score (nSPS) is 16.5. The van der Waals surface area contributed by atoms with Crippen LogP contribution in [0.2, 0.25) is 5.02 Å². The van der Waals surface area contributed by atoms with Crippen molar-refractivity contribution in [1.29, 1.82) is 0 Å². The molecule has 0 unspecified atom stereocenters. The number of rotatable bonds is 10. The van der Waals surface area contributed by atoms with Gasteiger partial charge < -0.3 is 4.90 Å². The third-order valence-electron chi connectivity index (χ3n) is 6.53. The Morgan fingerprint density at radius 3 is 2.58 bits per heavy atom. The fourth-order valence-corrected chi connectivity index (χ4v) is 6.21. The van der Waals surface area contributed by atoms with Crippen molar-refractivity contribution in [3.63, 3.8) is 0 Å². The van der Waals surface area contributed by atoms with Crippen molar-refractivity contribution in [2.24, 2.45) is 5.92 Å². The number of likely N-dealkylation sites (tertiary alicyclic amines) is 1. The van der Waals surface area contributed by atoms with Crippen molar-refractivity contribution < 1.29 is 18.0 Å². The predicted molar refractivity (Wildman–Crippen MR) is 146 cm³/mol. The molecule has 4 rings (SSSR count). The topological polar surface area (TPSA) is 109 Å². The molecular formula is C28H31ClN4O4S. The van der Waals surface area contributed by atoms with Gasteiger partial charge in [-0.2, -0.15) is 4.72 Å². The third-order valence-corrected chi connectivity index (χ3v) is 8.26. The molecule has 0 bridgehead atoms. The van der Waals surface area contributed by atoms with Crippen LogP contribution in [-0.2, 0) is 26.0 Å². The van der Waals surface area contributed by atoms with Crippen molar-refractivity contribution in [3.8, 4) is 11.3 Å². The second kappa shape index (κ2) is 12.1. The molecule has 2 heterocycles. The summed E-state index contributed by atoms with van der Waals surface area (Å²) in [4.78, 5) is 37.4. The number of amides is 1. The highest BCUT2D eigenvalue weighted by Gasteiger charge is 2.38. The van der Waals surface area contributed by atoms with E-state index in [1.165, 1.54) is 17.0 Å². The van der Waals surface area contributed by atoms with Gasteiger partial charge in [0.05, 0.1) is 22.8 Å². The molecule has 1 N–H and O–H groups in total. The van der Waals surface area contributed by atoms with Gasteiger partial charge in [-0.05, 0) is 55.0 Å². The smallest absolute Gasteiger partial charge is 0.241 e. The molecule has 3 aromatic rings. The zero-order chi connectivity index (χ0) is 27.3. The summed E-state index contributed by atoms with van der Waals surface area (Å²) in [6.07, 6.45) is 6.33. The average Bonchev–Trinajstić information content (AvgIpc) is 3.39. The minimum absolute atomic E-state index is 0.0557. The monoisotopic (exact) mass is 554 g/mol. The van der Waals surface area contributed by atoms with E-state index < -0.39 is 22.1 Å². The van der Waals surface area contributed by atoms with Crippen LogP contribution in [0.1, 0.15) is 38.7 Å². The molecule has 0 radical (unpaired) electrons. The first-order valence-corrected chi connectivity index (χ1v) is 14.5. The van der Waals surface area contributed by atoms with Gasteiger partial charge in [-0.1, -0.05) is 49.7 Å². The maximum Gasteiger partial charge on any atom is 0.241 e.